The molecule has 0 atom stereocenters. The molecule has 0 unspecified atom stereocenters. The van der Waals surface area contributed by atoms with Gasteiger partial charge in [0.15, 0.2) is 52.0 Å². The molecule has 18 heteroatoms. The Hall–Kier alpha value is -6.44. The van der Waals surface area contributed by atoms with Crippen molar-refractivity contribution in [1.82, 2.24) is 19.6 Å². The van der Waals surface area contributed by atoms with Crippen LogP contribution in [0.5, 0.6) is 23.0 Å². The Bertz CT molecular complexity index is 2130. The van der Waals surface area contributed by atoms with Crippen molar-refractivity contribution in [3.8, 4) is 29.1 Å². The van der Waals surface area contributed by atoms with Gasteiger partial charge < -0.3 is 50.0 Å². The molecule has 2 aliphatic rings. The largest absolute Gasteiger partial charge is 0.491 e. The summed E-state index contributed by atoms with van der Waals surface area (Å²) in [6.07, 6.45) is 3.17. The predicted molar refractivity (Wildman–Crippen MR) is 245 cm³/mol. The predicted octanol–water partition coefficient (Wildman–Crippen LogP) is 6.63. The zero-order chi connectivity index (χ0) is 47.3. The summed E-state index contributed by atoms with van der Waals surface area (Å²) in [6.45, 7) is 19.7. The molecule has 0 amide bonds. The second-order valence-corrected chi connectivity index (χ2v) is 15.8. The molecule has 2 fully saturated rings. The number of rotatable bonds is 22. The lowest BCUT2D eigenvalue weighted by Gasteiger charge is -2.34. The fraction of sp³-hybridized carbons (Fsp3) is 0.417. The third kappa shape index (κ3) is 16.5. The number of nitrogens with one attached hydrogen (secondary N) is 2. The van der Waals surface area contributed by atoms with Crippen molar-refractivity contribution in [2.24, 2.45) is 11.5 Å². The number of nitrogens with zero attached hydrogens (tertiary/aromatic N) is 6. The Morgan fingerprint density at radius 2 is 0.848 bits per heavy atom. The number of piperazine rings is 2. The number of nitriles is 1. The minimum atomic E-state index is -0.513. The second kappa shape index (κ2) is 26.5. The lowest BCUT2D eigenvalue weighted by molar-refractivity contribution is 0.120. The number of amidine groups is 2. The highest BCUT2D eigenvalue weighted by atomic mass is 19.1. The van der Waals surface area contributed by atoms with Crippen LogP contribution in [-0.2, 0) is 0 Å². The molecule has 2 heterocycles. The van der Waals surface area contributed by atoms with Crippen molar-refractivity contribution < 1.29 is 36.5 Å². The summed E-state index contributed by atoms with van der Waals surface area (Å²) >= 11 is 0. The molecular weight excluding hydrogens is 857 g/mol. The van der Waals surface area contributed by atoms with Crippen molar-refractivity contribution in [3.63, 3.8) is 0 Å². The van der Waals surface area contributed by atoms with Crippen molar-refractivity contribution >= 4 is 17.4 Å². The van der Waals surface area contributed by atoms with Crippen LogP contribution in [0.2, 0.25) is 0 Å². The van der Waals surface area contributed by atoms with Gasteiger partial charge >= 0.3 is 0 Å². The number of nitrogens with two attached hydrogens (primary N) is 2. The molecule has 0 radical (unpaired) electrons. The Morgan fingerprint density at radius 1 is 0.530 bits per heavy atom. The van der Waals surface area contributed by atoms with Crippen LogP contribution in [0.1, 0.15) is 42.4 Å². The Morgan fingerprint density at radius 3 is 1.14 bits per heavy atom. The Labute approximate surface area is 384 Å². The standard InChI is InChI=1S/C24H32F2N6O2.C24H26F2N4O2/c25-19-15-17(23(27)28)3-5-21(19)33-13-1-7-31-9-11-32(12-10-31)8-2-14-34-22-6-4-18(24(29)30)16-20(22)26;1-28-20-5-7-24(22(26)17-20)32-15-3-9-30-12-10-29(11-13-30)8-2-14-31-23-6-4-19(18-27)16-21(23)25/h3-6,15-16H,1-2,7-14H2,(H3,27,28)(H3,29,30);4-7,16-17H,2-3,8-15H2. The molecule has 2 saturated heterocycles. The van der Waals surface area contributed by atoms with Crippen LogP contribution in [-0.4, -0.2) is 136 Å². The van der Waals surface area contributed by atoms with Crippen molar-refractivity contribution in [2.75, 3.05) is 105 Å². The van der Waals surface area contributed by atoms with Crippen molar-refractivity contribution in [1.29, 1.82) is 16.1 Å². The number of nitrogen functional groups attached to an aromatic ring is 2. The molecule has 0 spiro atoms. The first-order valence-electron chi connectivity index (χ1n) is 22.0. The molecule has 4 aromatic carbocycles. The van der Waals surface area contributed by atoms with Gasteiger partial charge in [-0.3, -0.25) is 10.8 Å². The maximum atomic E-state index is 14.0. The summed E-state index contributed by atoms with van der Waals surface area (Å²) in [6, 6.07) is 18.9. The van der Waals surface area contributed by atoms with Gasteiger partial charge in [-0.1, -0.05) is 6.07 Å². The van der Waals surface area contributed by atoms with Crippen molar-refractivity contribution in [2.45, 2.75) is 25.7 Å². The van der Waals surface area contributed by atoms with Gasteiger partial charge in [-0.05, 0) is 92.4 Å². The Balaban J connectivity index is 0.000000248. The average molecular weight is 915 g/mol. The minimum Gasteiger partial charge on any atom is -0.491 e. The van der Waals surface area contributed by atoms with E-state index in [0.717, 1.165) is 104 Å². The molecule has 14 nitrogen and oxygen atoms in total. The Kier molecular flexibility index (Phi) is 20.3. The zero-order valence-corrected chi connectivity index (χ0v) is 37.1. The molecule has 0 aromatic heterocycles. The van der Waals surface area contributed by atoms with Crippen LogP contribution >= 0.6 is 0 Å². The van der Waals surface area contributed by atoms with Crippen LogP contribution in [0.4, 0.5) is 23.2 Å². The van der Waals surface area contributed by atoms with Crippen LogP contribution in [0.3, 0.4) is 0 Å². The quantitative estimate of drug-likeness (QED) is 0.0219. The van der Waals surface area contributed by atoms with Gasteiger partial charge in [-0.15, -0.1) is 0 Å². The first-order valence-corrected chi connectivity index (χ1v) is 22.0. The normalized spacial score (nSPS) is 14.6. The number of benzene rings is 4. The molecule has 2 aliphatic heterocycles. The van der Waals surface area contributed by atoms with Crippen LogP contribution in [0.15, 0.2) is 72.8 Å². The lowest BCUT2D eigenvalue weighted by atomic mass is 10.2. The maximum absolute atomic E-state index is 14.0. The summed E-state index contributed by atoms with van der Waals surface area (Å²) in [4.78, 5) is 12.6. The van der Waals surface area contributed by atoms with E-state index < -0.39 is 23.3 Å². The van der Waals surface area contributed by atoms with Gasteiger partial charge in [-0.2, -0.15) is 5.26 Å². The number of hydrogen-bond acceptors (Lipinski definition) is 11. The number of ether oxygens (including phenoxy) is 4. The minimum absolute atomic E-state index is 0.173. The van der Waals surface area contributed by atoms with E-state index in [1.165, 1.54) is 48.5 Å². The van der Waals surface area contributed by atoms with Crippen LogP contribution < -0.4 is 30.4 Å². The molecule has 0 saturated carbocycles. The fourth-order valence-electron chi connectivity index (χ4n) is 7.29. The monoisotopic (exact) mass is 914 g/mol. The number of halogens is 4. The SMILES string of the molecule is N=C(N)c1ccc(OCCCN2CCN(CCCOc3ccc(C(=N)N)cc3F)CC2)c(F)c1.[C-]#[N+]c1ccc(OCCCN2CCN(CCCOc3ccc(C#N)cc3F)CC2)c(F)c1. The van der Waals surface area contributed by atoms with E-state index in [1.54, 1.807) is 24.3 Å². The first kappa shape index (κ1) is 50.6. The highest BCUT2D eigenvalue weighted by Gasteiger charge is 2.18. The highest BCUT2D eigenvalue weighted by Crippen LogP contribution is 2.24. The summed E-state index contributed by atoms with van der Waals surface area (Å²) < 4.78 is 77.7. The highest BCUT2D eigenvalue weighted by molar-refractivity contribution is 5.95. The smallest absolute Gasteiger partial charge is 0.190 e. The first-order chi connectivity index (χ1) is 31.9. The van der Waals surface area contributed by atoms with E-state index in [2.05, 4.69) is 24.4 Å². The van der Waals surface area contributed by atoms with Crippen LogP contribution in [0.25, 0.3) is 4.85 Å². The van der Waals surface area contributed by atoms with Gasteiger partial charge in [0.05, 0.1) is 44.6 Å². The van der Waals surface area contributed by atoms with Gasteiger partial charge in [0.25, 0.3) is 0 Å². The summed E-state index contributed by atoms with van der Waals surface area (Å²) in [5.41, 5.74) is 11.9. The van der Waals surface area contributed by atoms with E-state index in [1.807, 2.05) is 6.07 Å². The second-order valence-electron chi connectivity index (χ2n) is 15.8. The zero-order valence-electron chi connectivity index (χ0n) is 37.1. The topological polar surface area (TPSA) is 178 Å². The molecule has 66 heavy (non-hydrogen) atoms. The van der Waals surface area contributed by atoms with Gasteiger partial charge in [-0.25, -0.2) is 22.4 Å². The third-order valence-electron chi connectivity index (χ3n) is 11.0. The van der Waals surface area contributed by atoms with E-state index in [-0.39, 0.29) is 45.9 Å². The fourth-order valence-corrected chi connectivity index (χ4v) is 7.29. The third-order valence-corrected chi connectivity index (χ3v) is 11.0. The van der Waals surface area contributed by atoms with E-state index in [9.17, 15) is 17.6 Å². The van der Waals surface area contributed by atoms with Crippen LogP contribution in [0, 0.1) is 52.0 Å². The van der Waals surface area contributed by atoms with Crippen molar-refractivity contribution in [3.05, 3.63) is 124 Å². The number of hydrogen-bond donors (Lipinski definition) is 4. The maximum Gasteiger partial charge on any atom is 0.190 e. The summed E-state index contributed by atoms with van der Waals surface area (Å²) in [7, 11) is 0. The lowest BCUT2D eigenvalue weighted by Crippen LogP contribution is -2.47. The molecule has 6 N–H and O–H groups in total. The molecule has 352 valence electrons. The molecule has 6 rings (SSSR count). The molecule has 0 bridgehead atoms. The van der Waals surface area contributed by atoms with Gasteiger partial charge in [0.1, 0.15) is 11.7 Å². The summed E-state index contributed by atoms with van der Waals surface area (Å²) in [5, 5.41) is 23.4. The van der Waals surface area contributed by atoms with E-state index in [0.29, 0.717) is 37.6 Å². The van der Waals surface area contributed by atoms with E-state index >= 15 is 0 Å². The van der Waals surface area contributed by atoms with Gasteiger partial charge in [0.2, 0.25) is 0 Å². The molecule has 0 aliphatic carbocycles. The summed E-state index contributed by atoms with van der Waals surface area (Å²) in [5.74, 6) is -1.68. The molecule has 4 aromatic rings. The van der Waals surface area contributed by atoms with Gasteiger partial charge in [0, 0.05) is 89.7 Å². The molecular formula is C48H58F4N10O4. The van der Waals surface area contributed by atoms with E-state index in [4.69, 9.17) is 53.1 Å². The average Bonchev–Trinajstić information content (AvgIpc) is 3.32.